The second-order valence-electron chi connectivity index (χ2n) is 6.89. The normalized spacial score (nSPS) is 27.3. The van der Waals surface area contributed by atoms with E-state index in [2.05, 4.69) is 5.10 Å². The van der Waals surface area contributed by atoms with Crippen molar-refractivity contribution in [3.63, 3.8) is 0 Å². The van der Waals surface area contributed by atoms with Crippen LogP contribution in [0.15, 0.2) is 6.07 Å². The first-order valence-corrected chi connectivity index (χ1v) is 10.2. The van der Waals surface area contributed by atoms with Gasteiger partial charge in [-0.25, -0.2) is 8.42 Å². The predicted molar refractivity (Wildman–Crippen MR) is 87.8 cm³/mol. The van der Waals surface area contributed by atoms with Crippen LogP contribution < -0.4 is 0 Å². The summed E-state index contributed by atoms with van der Waals surface area (Å²) in [6, 6.07) is 2.16. The number of aromatic nitrogens is 2. The fraction of sp³-hybridized carbons (Fsp3) is 0.750. The number of aryl methyl sites for hydroxylation is 2. The SMILES string of the molecule is Cc1cc(C)n(C[C@@H]2CCCCN2C(=O)[C@@H]2CCS(=O)(=O)C2)n1. The van der Waals surface area contributed by atoms with Crippen LogP contribution in [0, 0.1) is 19.8 Å². The molecular weight excluding hydrogens is 314 g/mol. The second kappa shape index (κ2) is 6.26. The maximum Gasteiger partial charge on any atom is 0.227 e. The van der Waals surface area contributed by atoms with Crippen LogP contribution in [-0.4, -0.2) is 53.1 Å². The van der Waals surface area contributed by atoms with Crippen LogP contribution in [0.2, 0.25) is 0 Å². The summed E-state index contributed by atoms with van der Waals surface area (Å²) in [5.74, 6) is -0.146. The fourth-order valence-electron chi connectivity index (χ4n) is 3.76. The minimum atomic E-state index is -3.02. The Balaban J connectivity index is 1.73. The van der Waals surface area contributed by atoms with Gasteiger partial charge in [-0.2, -0.15) is 5.10 Å². The molecule has 128 valence electrons. The highest BCUT2D eigenvalue weighted by atomic mass is 32.2. The van der Waals surface area contributed by atoms with Crippen LogP contribution in [0.4, 0.5) is 0 Å². The molecule has 0 unspecified atom stereocenters. The highest BCUT2D eigenvalue weighted by Crippen LogP contribution is 2.26. The lowest BCUT2D eigenvalue weighted by atomic mass is 9.98. The molecule has 0 bridgehead atoms. The smallest absolute Gasteiger partial charge is 0.227 e. The Labute approximate surface area is 137 Å². The van der Waals surface area contributed by atoms with Crippen molar-refractivity contribution in [2.75, 3.05) is 18.1 Å². The van der Waals surface area contributed by atoms with Gasteiger partial charge in [0.15, 0.2) is 9.84 Å². The van der Waals surface area contributed by atoms with Crippen molar-refractivity contribution < 1.29 is 13.2 Å². The largest absolute Gasteiger partial charge is 0.338 e. The summed E-state index contributed by atoms with van der Waals surface area (Å²) in [5, 5.41) is 4.50. The van der Waals surface area contributed by atoms with Crippen LogP contribution in [0.3, 0.4) is 0 Å². The fourth-order valence-corrected chi connectivity index (χ4v) is 5.50. The molecule has 3 rings (SSSR count). The van der Waals surface area contributed by atoms with Gasteiger partial charge in [0, 0.05) is 12.2 Å². The van der Waals surface area contributed by atoms with E-state index in [4.69, 9.17) is 0 Å². The van der Waals surface area contributed by atoms with Gasteiger partial charge in [0.2, 0.25) is 5.91 Å². The van der Waals surface area contributed by atoms with E-state index in [0.29, 0.717) is 13.0 Å². The van der Waals surface area contributed by atoms with E-state index in [0.717, 1.165) is 37.2 Å². The standard InChI is InChI=1S/C16H25N3O3S/c1-12-9-13(2)19(17-12)10-15-5-3-4-7-18(15)16(20)14-6-8-23(21,22)11-14/h9,14-15H,3-8,10-11H2,1-2H3/t14-,15+/m1/s1. The molecule has 1 aromatic rings. The molecule has 2 aliphatic heterocycles. The first-order valence-electron chi connectivity index (χ1n) is 8.38. The first kappa shape index (κ1) is 16.5. The van der Waals surface area contributed by atoms with Gasteiger partial charge >= 0.3 is 0 Å². The Morgan fingerprint density at radius 3 is 2.70 bits per heavy atom. The zero-order chi connectivity index (χ0) is 16.6. The zero-order valence-corrected chi connectivity index (χ0v) is 14.7. The number of rotatable bonds is 3. The summed E-state index contributed by atoms with van der Waals surface area (Å²) in [5.41, 5.74) is 2.09. The number of carbonyl (C=O) groups excluding carboxylic acids is 1. The van der Waals surface area contributed by atoms with Crippen molar-refractivity contribution in [1.82, 2.24) is 14.7 Å². The summed E-state index contributed by atoms with van der Waals surface area (Å²) in [6.07, 6.45) is 3.55. The number of amides is 1. The Morgan fingerprint density at radius 1 is 1.30 bits per heavy atom. The maximum atomic E-state index is 12.8. The first-order chi connectivity index (χ1) is 10.9. The number of likely N-dealkylation sites (tertiary alicyclic amines) is 1. The average Bonchev–Trinajstić information content (AvgIpc) is 3.01. The summed E-state index contributed by atoms with van der Waals surface area (Å²) < 4.78 is 25.3. The average molecular weight is 339 g/mol. The van der Waals surface area contributed by atoms with Crippen molar-refractivity contribution in [2.24, 2.45) is 5.92 Å². The van der Waals surface area contributed by atoms with E-state index in [1.54, 1.807) is 0 Å². The summed E-state index contributed by atoms with van der Waals surface area (Å²) in [7, 11) is -3.02. The van der Waals surface area contributed by atoms with E-state index in [9.17, 15) is 13.2 Å². The van der Waals surface area contributed by atoms with Gasteiger partial charge < -0.3 is 4.90 Å². The van der Waals surface area contributed by atoms with E-state index in [-0.39, 0.29) is 29.4 Å². The zero-order valence-electron chi connectivity index (χ0n) is 13.9. The van der Waals surface area contributed by atoms with E-state index in [1.807, 2.05) is 29.5 Å². The molecule has 7 heteroatoms. The molecule has 0 radical (unpaired) electrons. The molecule has 0 aromatic carbocycles. The van der Waals surface area contributed by atoms with Crippen LogP contribution in [0.25, 0.3) is 0 Å². The third-order valence-electron chi connectivity index (χ3n) is 4.98. The van der Waals surface area contributed by atoms with Gasteiger partial charge in [0.1, 0.15) is 0 Å². The predicted octanol–water partition coefficient (Wildman–Crippen LogP) is 1.32. The number of hydrogen-bond donors (Lipinski definition) is 0. The topological polar surface area (TPSA) is 72.3 Å². The lowest BCUT2D eigenvalue weighted by Crippen LogP contribution is -2.48. The molecule has 2 atom stereocenters. The van der Waals surface area contributed by atoms with Crippen LogP contribution in [0.1, 0.15) is 37.1 Å². The Morgan fingerprint density at radius 2 is 2.09 bits per heavy atom. The van der Waals surface area contributed by atoms with Crippen molar-refractivity contribution in [3.8, 4) is 0 Å². The lowest BCUT2D eigenvalue weighted by molar-refractivity contribution is -0.138. The molecule has 0 N–H and O–H groups in total. The molecule has 2 fully saturated rings. The molecule has 1 amide bonds. The van der Waals surface area contributed by atoms with Crippen molar-refractivity contribution in [1.29, 1.82) is 0 Å². The number of nitrogens with zero attached hydrogens (tertiary/aromatic N) is 3. The van der Waals surface area contributed by atoms with Crippen molar-refractivity contribution in [2.45, 2.75) is 52.1 Å². The number of carbonyl (C=O) groups is 1. The highest BCUT2D eigenvalue weighted by Gasteiger charge is 2.38. The molecular formula is C16H25N3O3S. The minimum absolute atomic E-state index is 0.0228. The van der Waals surface area contributed by atoms with Gasteiger partial charge in [-0.15, -0.1) is 0 Å². The molecule has 0 saturated carbocycles. The number of hydrogen-bond acceptors (Lipinski definition) is 4. The lowest BCUT2D eigenvalue weighted by Gasteiger charge is -2.37. The number of piperidine rings is 1. The molecule has 23 heavy (non-hydrogen) atoms. The third kappa shape index (κ3) is 3.59. The van der Waals surface area contributed by atoms with Crippen LogP contribution in [-0.2, 0) is 21.2 Å². The summed E-state index contributed by atoms with van der Waals surface area (Å²) in [4.78, 5) is 14.7. The van der Waals surface area contributed by atoms with Crippen molar-refractivity contribution in [3.05, 3.63) is 17.5 Å². The third-order valence-corrected chi connectivity index (χ3v) is 6.75. The molecule has 1 aromatic heterocycles. The van der Waals surface area contributed by atoms with Crippen LogP contribution >= 0.6 is 0 Å². The molecule has 3 heterocycles. The van der Waals surface area contributed by atoms with Gasteiger partial charge in [-0.3, -0.25) is 9.48 Å². The molecule has 6 nitrogen and oxygen atoms in total. The Bertz CT molecular complexity index is 695. The van der Waals surface area contributed by atoms with Crippen LogP contribution in [0.5, 0.6) is 0 Å². The van der Waals surface area contributed by atoms with Gasteiger partial charge in [0.25, 0.3) is 0 Å². The molecule has 2 aliphatic rings. The Kier molecular flexibility index (Phi) is 4.49. The van der Waals surface area contributed by atoms with Gasteiger partial charge in [0.05, 0.1) is 35.7 Å². The van der Waals surface area contributed by atoms with E-state index >= 15 is 0 Å². The highest BCUT2D eigenvalue weighted by molar-refractivity contribution is 7.91. The van der Waals surface area contributed by atoms with E-state index < -0.39 is 9.84 Å². The monoisotopic (exact) mass is 339 g/mol. The van der Waals surface area contributed by atoms with Gasteiger partial charge in [-0.05, 0) is 45.6 Å². The second-order valence-corrected chi connectivity index (χ2v) is 9.12. The summed E-state index contributed by atoms with van der Waals surface area (Å²) in [6.45, 7) is 5.43. The number of sulfone groups is 1. The minimum Gasteiger partial charge on any atom is -0.338 e. The van der Waals surface area contributed by atoms with Gasteiger partial charge in [-0.1, -0.05) is 0 Å². The molecule has 0 aliphatic carbocycles. The maximum absolute atomic E-state index is 12.8. The molecule has 2 saturated heterocycles. The van der Waals surface area contributed by atoms with E-state index in [1.165, 1.54) is 0 Å². The Hall–Kier alpha value is -1.37. The van der Waals surface area contributed by atoms with Crippen molar-refractivity contribution >= 4 is 15.7 Å². The molecule has 0 spiro atoms. The quantitative estimate of drug-likeness (QED) is 0.832. The summed E-state index contributed by atoms with van der Waals surface area (Å²) >= 11 is 0.